The highest BCUT2D eigenvalue weighted by molar-refractivity contribution is 6.31. The first-order valence-electron chi connectivity index (χ1n) is 13.0. The molecule has 0 unspecified atom stereocenters. The fourth-order valence-corrected chi connectivity index (χ4v) is 4.73. The first-order valence-corrected chi connectivity index (χ1v) is 13.4. The molecular formula is C32H35ClFN3O. The van der Waals surface area contributed by atoms with E-state index in [1.807, 2.05) is 26.1 Å². The van der Waals surface area contributed by atoms with E-state index in [4.69, 9.17) is 16.3 Å². The van der Waals surface area contributed by atoms with Crippen molar-refractivity contribution in [3.8, 4) is 16.9 Å². The Morgan fingerprint density at radius 2 is 1.82 bits per heavy atom. The molecule has 1 aliphatic carbocycles. The summed E-state index contributed by atoms with van der Waals surface area (Å²) in [6.45, 7) is 9.25. The van der Waals surface area contributed by atoms with E-state index >= 15 is 4.39 Å². The Bertz CT molecular complexity index is 1450. The molecule has 4 nitrogen and oxygen atoms in total. The van der Waals surface area contributed by atoms with E-state index in [0.717, 1.165) is 47.3 Å². The molecule has 1 aromatic heterocycles. The summed E-state index contributed by atoms with van der Waals surface area (Å²) >= 11 is 6.30. The molecule has 1 aliphatic rings. The number of nitrogens with one attached hydrogen (secondary N) is 1. The van der Waals surface area contributed by atoms with Gasteiger partial charge in [0.15, 0.2) is 0 Å². The highest BCUT2D eigenvalue weighted by Gasteiger charge is 2.28. The van der Waals surface area contributed by atoms with Gasteiger partial charge >= 0.3 is 0 Å². The van der Waals surface area contributed by atoms with Crippen molar-refractivity contribution in [1.82, 2.24) is 9.88 Å². The Balaban J connectivity index is 0.00000164. The number of halogens is 2. The quantitative estimate of drug-likeness (QED) is 0.246. The minimum Gasteiger partial charge on any atom is -0.497 e. The van der Waals surface area contributed by atoms with Gasteiger partial charge < -0.3 is 15.0 Å². The van der Waals surface area contributed by atoms with Crippen molar-refractivity contribution in [3.05, 3.63) is 89.3 Å². The highest BCUT2D eigenvalue weighted by Crippen LogP contribution is 2.45. The van der Waals surface area contributed by atoms with Crippen LogP contribution in [0.15, 0.2) is 67.4 Å². The molecule has 198 valence electrons. The lowest BCUT2D eigenvalue weighted by Crippen LogP contribution is -2.10. The molecule has 0 spiro atoms. The van der Waals surface area contributed by atoms with Gasteiger partial charge in [0.1, 0.15) is 11.6 Å². The van der Waals surface area contributed by atoms with Crippen LogP contribution in [0.1, 0.15) is 37.8 Å². The maximum Gasteiger partial charge on any atom is 0.133 e. The number of nitrogens with zero attached hydrogens (tertiary/aromatic N) is 2. The third-order valence-electron chi connectivity index (χ3n) is 6.51. The summed E-state index contributed by atoms with van der Waals surface area (Å²) in [4.78, 5) is 6.75. The summed E-state index contributed by atoms with van der Waals surface area (Å²) in [5, 5.41) is 4.91. The largest absolute Gasteiger partial charge is 0.497 e. The van der Waals surface area contributed by atoms with Crippen LogP contribution in [-0.2, 0) is 6.54 Å². The Hall–Kier alpha value is -3.41. The molecule has 1 saturated carbocycles. The second-order valence-corrected chi connectivity index (χ2v) is 10.1. The van der Waals surface area contributed by atoms with Crippen LogP contribution in [0.25, 0.3) is 27.6 Å². The molecule has 0 aliphatic heterocycles. The van der Waals surface area contributed by atoms with E-state index in [2.05, 4.69) is 60.1 Å². The van der Waals surface area contributed by atoms with E-state index in [0.29, 0.717) is 33.3 Å². The van der Waals surface area contributed by atoms with E-state index < -0.39 is 0 Å². The number of methoxy groups -OCH3 is 1. The summed E-state index contributed by atoms with van der Waals surface area (Å²) in [5.41, 5.74) is 6.73. The Labute approximate surface area is 230 Å². The van der Waals surface area contributed by atoms with Crippen molar-refractivity contribution < 1.29 is 9.13 Å². The van der Waals surface area contributed by atoms with Gasteiger partial charge in [-0.05, 0) is 86.0 Å². The summed E-state index contributed by atoms with van der Waals surface area (Å²) < 4.78 is 20.7. The number of hydrogen-bond donors (Lipinski definition) is 1. The smallest absolute Gasteiger partial charge is 0.133 e. The predicted molar refractivity (Wildman–Crippen MR) is 159 cm³/mol. The van der Waals surface area contributed by atoms with E-state index in [-0.39, 0.29) is 5.82 Å². The van der Waals surface area contributed by atoms with Crippen LogP contribution in [0.3, 0.4) is 0 Å². The molecule has 5 rings (SSSR count). The van der Waals surface area contributed by atoms with Crippen molar-refractivity contribution in [1.29, 1.82) is 0 Å². The van der Waals surface area contributed by atoms with Gasteiger partial charge in [-0.3, -0.25) is 4.98 Å². The van der Waals surface area contributed by atoms with Gasteiger partial charge in [-0.15, -0.1) is 0 Å². The van der Waals surface area contributed by atoms with Gasteiger partial charge in [-0.25, -0.2) is 4.39 Å². The normalized spacial score (nSPS) is 12.7. The van der Waals surface area contributed by atoms with E-state index in [9.17, 15) is 0 Å². The van der Waals surface area contributed by atoms with Crippen molar-refractivity contribution in [2.75, 3.05) is 26.5 Å². The first-order chi connectivity index (χ1) is 18.3. The predicted octanol–water partition coefficient (Wildman–Crippen LogP) is 8.96. The number of aromatic nitrogens is 1. The molecule has 0 saturated heterocycles. The average Bonchev–Trinajstić information content (AvgIpc) is 3.75. The minimum absolute atomic E-state index is 0.368. The van der Waals surface area contributed by atoms with E-state index in [1.54, 1.807) is 25.3 Å². The van der Waals surface area contributed by atoms with Crippen LogP contribution >= 0.6 is 11.6 Å². The zero-order valence-electron chi connectivity index (χ0n) is 22.7. The van der Waals surface area contributed by atoms with Gasteiger partial charge in [-0.2, -0.15) is 0 Å². The molecule has 6 heteroatoms. The number of pyridine rings is 1. The third-order valence-corrected chi connectivity index (χ3v) is 6.73. The van der Waals surface area contributed by atoms with Gasteiger partial charge in [0.05, 0.1) is 18.3 Å². The lowest BCUT2D eigenvalue weighted by Gasteiger charge is -2.18. The lowest BCUT2D eigenvalue weighted by atomic mass is 9.97. The van der Waals surface area contributed by atoms with Gasteiger partial charge in [0.2, 0.25) is 0 Å². The van der Waals surface area contributed by atoms with E-state index in [1.165, 1.54) is 11.6 Å². The number of hydrogen-bond acceptors (Lipinski definition) is 4. The molecule has 1 fully saturated rings. The number of rotatable bonds is 8. The summed E-state index contributed by atoms with van der Waals surface area (Å²) in [5.74, 6) is 0.665. The molecule has 3 aromatic carbocycles. The minimum atomic E-state index is -0.368. The maximum atomic E-state index is 15.3. The summed E-state index contributed by atoms with van der Waals surface area (Å²) in [6, 6.07) is 16.9. The standard InChI is InChI=1S/C30H29ClFN3O.C2H6/c1-18(20-7-8-20)27-16-33-29-15-28(32)25(21-11-22(31)13-24(12-21)36-4)14-26(29)30(27)34-23-9-5-19(6-10-23)17-35(2)3;1-2/h5-6,9-16,20H,1,7-8,17H2,2-4H3,(H,33,34);1-2H3. The molecular weight excluding hydrogens is 497 g/mol. The fraction of sp³-hybridized carbons (Fsp3) is 0.281. The molecule has 0 amide bonds. The molecule has 0 radical (unpaired) electrons. The van der Waals surface area contributed by atoms with Crippen LogP contribution in [0, 0.1) is 11.7 Å². The van der Waals surface area contributed by atoms with Crippen LogP contribution in [0.2, 0.25) is 5.02 Å². The summed E-state index contributed by atoms with van der Waals surface area (Å²) in [7, 11) is 5.67. The highest BCUT2D eigenvalue weighted by atomic mass is 35.5. The molecule has 0 bridgehead atoms. The SMILES string of the molecule is C=C(c1cnc2cc(F)c(-c3cc(Cl)cc(OC)c3)cc2c1Nc1ccc(CN(C)C)cc1)C1CC1.CC. The monoisotopic (exact) mass is 531 g/mol. The number of benzene rings is 3. The van der Waals surface area contributed by atoms with Crippen molar-refractivity contribution in [2.45, 2.75) is 33.2 Å². The zero-order chi connectivity index (χ0) is 27.4. The average molecular weight is 532 g/mol. The first kappa shape index (κ1) is 27.6. The molecule has 4 aromatic rings. The van der Waals surface area contributed by atoms with Crippen molar-refractivity contribution in [3.63, 3.8) is 0 Å². The Morgan fingerprint density at radius 3 is 2.45 bits per heavy atom. The molecule has 38 heavy (non-hydrogen) atoms. The summed E-state index contributed by atoms with van der Waals surface area (Å²) in [6.07, 6.45) is 4.08. The zero-order valence-corrected chi connectivity index (χ0v) is 23.5. The fourth-order valence-electron chi connectivity index (χ4n) is 4.50. The topological polar surface area (TPSA) is 37.4 Å². The number of allylic oxidation sites excluding steroid dienone is 1. The van der Waals surface area contributed by atoms with Crippen molar-refractivity contribution >= 4 is 39.5 Å². The Morgan fingerprint density at radius 1 is 1.11 bits per heavy atom. The second kappa shape index (κ2) is 12.0. The molecule has 0 atom stereocenters. The number of fused-ring (bicyclic) bond motifs is 1. The number of ether oxygens (including phenoxy) is 1. The van der Waals surface area contributed by atoms with Crippen LogP contribution in [-0.4, -0.2) is 31.1 Å². The number of anilines is 2. The van der Waals surface area contributed by atoms with Crippen LogP contribution in [0.4, 0.5) is 15.8 Å². The van der Waals surface area contributed by atoms with Gasteiger partial charge in [-0.1, -0.05) is 44.2 Å². The van der Waals surface area contributed by atoms with Crippen molar-refractivity contribution in [2.24, 2.45) is 5.92 Å². The van der Waals surface area contributed by atoms with Gasteiger partial charge in [0, 0.05) is 46.0 Å². The molecule has 1 heterocycles. The Kier molecular flexibility index (Phi) is 8.70. The second-order valence-electron chi connectivity index (χ2n) is 9.64. The third kappa shape index (κ3) is 6.17. The lowest BCUT2D eigenvalue weighted by molar-refractivity contribution is 0.402. The molecule has 1 N–H and O–H groups in total. The maximum absolute atomic E-state index is 15.3. The van der Waals surface area contributed by atoms with Gasteiger partial charge in [0.25, 0.3) is 0 Å². The van der Waals surface area contributed by atoms with Crippen LogP contribution < -0.4 is 10.1 Å². The van der Waals surface area contributed by atoms with Crippen LogP contribution in [0.5, 0.6) is 5.75 Å².